The number of benzene rings is 1. The maximum absolute atomic E-state index is 12.8. The average molecular weight is 376 g/mol. The molecule has 5 heteroatoms. The maximum Gasteiger partial charge on any atom is 0.408 e. The van der Waals surface area contributed by atoms with Crippen LogP contribution in [0.15, 0.2) is 70.6 Å². The van der Waals surface area contributed by atoms with Gasteiger partial charge < -0.3 is 15.0 Å². The Hall–Kier alpha value is -3.08. The molecule has 1 aromatic heterocycles. The summed E-state index contributed by atoms with van der Waals surface area (Å²) in [5.74, 6) is 0.152. The molecular formula is C23H24N2O3. The van der Waals surface area contributed by atoms with E-state index in [-0.39, 0.29) is 18.1 Å². The molecular weight excluding hydrogens is 352 g/mol. The molecule has 1 aromatic carbocycles. The molecule has 2 aliphatic carbocycles. The highest BCUT2D eigenvalue weighted by molar-refractivity contribution is 5.71. The highest BCUT2D eigenvalue weighted by Gasteiger charge is 2.48. The van der Waals surface area contributed by atoms with Crippen molar-refractivity contribution in [2.45, 2.75) is 38.8 Å². The van der Waals surface area contributed by atoms with E-state index in [4.69, 9.17) is 4.74 Å². The first-order valence-corrected chi connectivity index (χ1v) is 9.57. The van der Waals surface area contributed by atoms with E-state index >= 15 is 0 Å². The highest BCUT2D eigenvalue weighted by Crippen LogP contribution is 2.49. The molecule has 2 bridgehead atoms. The molecule has 2 N–H and O–H groups in total. The number of hydrogen-bond donors (Lipinski definition) is 2. The average Bonchev–Trinajstić information content (AvgIpc) is 2.66. The summed E-state index contributed by atoms with van der Waals surface area (Å²) >= 11 is 0. The third-order valence-corrected chi connectivity index (χ3v) is 5.65. The zero-order chi connectivity index (χ0) is 19.7. The van der Waals surface area contributed by atoms with Crippen molar-refractivity contribution in [3.63, 3.8) is 0 Å². The molecule has 1 heterocycles. The van der Waals surface area contributed by atoms with E-state index in [0.717, 1.165) is 28.8 Å². The first-order valence-electron chi connectivity index (χ1n) is 9.57. The van der Waals surface area contributed by atoms with E-state index in [0.29, 0.717) is 6.42 Å². The van der Waals surface area contributed by atoms with Crippen LogP contribution in [0.1, 0.15) is 37.1 Å². The van der Waals surface area contributed by atoms with Gasteiger partial charge in [-0.05, 0) is 43.9 Å². The molecule has 0 aliphatic heterocycles. The van der Waals surface area contributed by atoms with Crippen molar-refractivity contribution in [2.24, 2.45) is 5.92 Å². The van der Waals surface area contributed by atoms with Crippen LogP contribution >= 0.6 is 0 Å². The molecule has 4 rings (SSSR count). The van der Waals surface area contributed by atoms with Crippen LogP contribution in [0.2, 0.25) is 0 Å². The molecule has 2 aromatic rings. The van der Waals surface area contributed by atoms with E-state index in [1.54, 1.807) is 0 Å². The monoisotopic (exact) mass is 376 g/mol. The lowest BCUT2D eigenvalue weighted by Crippen LogP contribution is -2.53. The number of ether oxygens (including phenoxy) is 1. The third kappa shape index (κ3) is 3.17. The van der Waals surface area contributed by atoms with E-state index in [1.165, 1.54) is 11.6 Å². The number of carbonyl (C=O) groups excluding carboxylic acids is 1. The quantitative estimate of drug-likeness (QED) is 0.797. The van der Waals surface area contributed by atoms with Crippen molar-refractivity contribution in [2.75, 3.05) is 0 Å². The third-order valence-electron chi connectivity index (χ3n) is 5.65. The predicted molar refractivity (Wildman–Crippen MR) is 108 cm³/mol. The van der Waals surface area contributed by atoms with Gasteiger partial charge in [0.15, 0.2) is 0 Å². The topological polar surface area (TPSA) is 71.2 Å². The lowest BCUT2D eigenvalue weighted by atomic mass is 9.63. The fraction of sp³-hybridized carbons (Fsp3) is 0.304. The number of pyridine rings is 1. The first kappa shape index (κ1) is 18.3. The summed E-state index contributed by atoms with van der Waals surface area (Å²) < 4.78 is 5.52. The Balaban J connectivity index is 1.68. The van der Waals surface area contributed by atoms with E-state index < -0.39 is 11.6 Å². The molecule has 2 aliphatic rings. The Bertz CT molecular complexity index is 1020. The normalized spacial score (nSPS) is 24.3. The zero-order valence-corrected chi connectivity index (χ0v) is 16.1. The molecule has 0 spiro atoms. The fourth-order valence-corrected chi connectivity index (χ4v) is 4.62. The Morgan fingerprint density at radius 1 is 1.29 bits per heavy atom. The molecule has 0 fully saturated rings. The lowest BCUT2D eigenvalue weighted by molar-refractivity contribution is 0.126. The molecule has 0 saturated carbocycles. The molecule has 1 amide bonds. The van der Waals surface area contributed by atoms with Crippen molar-refractivity contribution in [3.05, 3.63) is 92.9 Å². The number of carbonyl (C=O) groups is 1. The Kier molecular flexibility index (Phi) is 4.67. The van der Waals surface area contributed by atoms with Crippen molar-refractivity contribution in [1.29, 1.82) is 0 Å². The lowest BCUT2D eigenvalue weighted by Gasteiger charge is -2.47. The summed E-state index contributed by atoms with van der Waals surface area (Å²) in [5, 5.41) is 3.15. The SMILES string of the molecule is C/C=C1\[C@H]2C=C(C)C[C@]1(NC(=O)OCc1ccccc1)c1ccc(=O)[nH]c1C2. The van der Waals surface area contributed by atoms with Crippen LogP contribution in [-0.4, -0.2) is 11.1 Å². The van der Waals surface area contributed by atoms with Crippen molar-refractivity contribution in [1.82, 2.24) is 10.3 Å². The van der Waals surface area contributed by atoms with Crippen molar-refractivity contribution >= 4 is 6.09 Å². The van der Waals surface area contributed by atoms with E-state index in [1.807, 2.05) is 43.3 Å². The second-order valence-electron chi connectivity index (χ2n) is 7.55. The van der Waals surface area contributed by atoms with Gasteiger partial charge in [0.05, 0.1) is 5.54 Å². The van der Waals surface area contributed by atoms with Gasteiger partial charge in [-0.3, -0.25) is 4.79 Å². The molecule has 0 unspecified atom stereocenters. The summed E-state index contributed by atoms with van der Waals surface area (Å²) in [7, 11) is 0. The maximum atomic E-state index is 12.8. The van der Waals surface area contributed by atoms with Crippen LogP contribution in [0.3, 0.4) is 0 Å². The molecule has 28 heavy (non-hydrogen) atoms. The number of aromatic amines is 1. The number of aromatic nitrogens is 1. The summed E-state index contributed by atoms with van der Waals surface area (Å²) in [6.07, 6.45) is 5.24. The van der Waals surface area contributed by atoms with Crippen molar-refractivity contribution in [3.8, 4) is 0 Å². The van der Waals surface area contributed by atoms with E-state index in [9.17, 15) is 9.59 Å². The number of fused-ring (bicyclic) bond motifs is 4. The molecule has 0 saturated heterocycles. The van der Waals surface area contributed by atoms with Gasteiger partial charge in [-0.1, -0.05) is 48.1 Å². The van der Waals surface area contributed by atoms with Crippen molar-refractivity contribution < 1.29 is 9.53 Å². The number of nitrogens with one attached hydrogen (secondary N) is 2. The van der Waals surface area contributed by atoms with Gasteiger partial charge in [0.1, 0.15) is 6.61 Å². The van der Waals surface area contributed by atoms with E-state index in [2.05, 4.69) is 29.4 Å². The minimum absolute atomic E-state index is 0.122. The minimum atomic E-state index is -0.691. The van der Waals surface area contributed by atoms with Gasteiger partial charge in [-0.15, -0.1) is 0 Å². The van der Waals surface area contributed by atoms with Crippen LogP contribution in [-0.2, 0) is 23.3 Å². The summed E-state index contributed by atoms with van der Waals surface area (Å²) in [4.78, 5) is 27.6. The van der Waals surface area contributed by atoms with Crippen LogP contribution in [0, 0.1) is 5.92 Å². The van der Waals surface area contributed by atoms with Gasteiger partial charge in [-0.2, -0.15) is 0 Å². The summed E-state index contributed by atoms with van der Waals surface area (Å²) in [5.41, 5.74) is 4.32. The zero-order valence-electron chi connectivity index (χ0n) is 16.1. The largest absolute Gasteiger partial charge is 0.445 e. The van der Waals surface area contributed by atoms with Gasteiger partial charge in [-0.25, -0.2) is 4.79 Å². The Labute approximate surface area is 164 Å². The molecule has 5 nitrogen and oxygen atoms in total. The number of alkyl carbamates (subject to hydrolysis) is 1. The van der Waals surface area contributed by atoms with Gasteiger partial charge in [0, 0.05) is 23.2 Å². The number of rotatable bonds is 3. The Morgan fingerprint density at radius 2 is 2.07 bits per heavy atom. The molecule has 144 valence electrons. The summed E-state index contributed by atoms with van der Waals surface area (Å²) in [6, 6.07) is 13.0. The first-order chi connectivity index (χ1) is 13.5. The van der Waals surface area contributed by atoms with Gasteiger partial charge in [0.25, 0.3) is 0 Å². The fourth-order valence-electron chi connectivity index (χ4n) is 4.62. The van der Waals surface area contributed by atoms with Crippen LogP contribution in [0.5, 0.6) is 0 Å². The highest BCUT2D eigenvalue weighted by atomic mass is 16.5. The van der Waals surface area contributed by atoms with Crippen LogP contribution in [0.4, 0.5) is 4.79 Å². The molecule has 0 radical (unpaired) electrons. The molecule has 2 atom stereocenters. The number of hydrogen-bond acceptors (Lipinski definition) is 3. The predicted octanol–water partition coefficient (Wildman–Crippen LogP) is 3.97. The second-order valence-corrected chi connectivity index (χ2v) is 7.55. The van der Waals surface area contributed by atoms with Gasteiger partial charge >= 0.3 is 6.09 Å². The summed E-state index contributed by atoms with van der Waals surface area (Å²) in [6.45, 7) is 4.30. The smallest absolute Gasteiger partial charge is 0.408 e. The number of allylic oxidation sites excluding steroid dienone is 2. The number of amides is 1. The number of H-pyrrole nitrogens is 1. The minimum Gasteiger partial charge on any atom is -0.445 e. The van der Waals surface area contributed by atoms with Gasteiger partial charge in [0.2, 0.25) is 5.56 Å². The van der Waals surface area contributed by atoms with Crippen LogP contribution < -0.4 is 10.9 Å². The van der Waals surface area contributed by atoms with Crippen LogP contribution in [0.25, 0.3) is 0 Å². The second kappa shape index (κ2) is 7.15. The Morgan fingerprint density at radius 3 is 2.82 bits per heavy atom. The standard InChI is InChI=1S/C23H24N2O3/c1-3-18-17-11-15(2)13-23(18,19-9-10-21(26)24-20(19)12-17)25-22(27)28-14-16-7-5-4-6-8-16/h3-11,17H,12-14H2,1-2H3,(H,24,26)(H,25,27)/b18-3+/t17-,23+/m0/s1.